The van der Waals surface area contributed by atoms with Crippen LogP contribution < -0.4 is 5.32 Å². The van der Waals surface area contributed by atoms with E-state index in [1.807, 2.05) is 0 Å². The molecule has 0 aromatic rings. The standard InChI is InChI=1S/C16H22FN/c17-15-13-5-12-6-14(15)9-16(7-12,8-13)18-10-11-3-1-2-4-11/h1-3,12-15,18H,4-10H2. The Kier molecular flexibility index (Phi) is 2.45. The highest BCUT2D eigenvalue weighted by Crippen LogP contribution is 2.56. The molecule has 4 fully saturated rings. The monoisotopic (exact) mass is 247 g/mol. The summed E-state index contributed by atoms with van der Waals surface area (Å²) in [6.07, 6.45) is 13.0. The first-order valence-electron chi connectivity index (χ1n) is 7.48. The van der Waals surface area contributed by atoms with Gasteiger partial charge in [0.1, 0.15) is 6.17 Å². The molecule has 2 heteroatoms. The average molecular weight is 247 g/mol. The number of hydrogen-bond acceptors (Lipinski definition) is 1. The molecule has 98 valence electrons. The molecule has 0 amide bonds. The molecule has 0 aromatic heterocycles. The molecule has 2 unspecified atom stereocenters. The van der Waals surface area contributed by atoms with Crippen LogP contribution in [-0.2, 0) is 0 Å². The summed E-state index contributed by atoms with van der Waals surface area (Å²) in [6.45, 7) is 1.01. The van der Waals surface area contributed by atoms with Crippen LogP contribution in [0.2, 0.25) is 0 Å². The second-order valence-electron chi connectivity index (χ2n) is 7.01. The van der Waals surface area contributed by atoms with Crippen molar-refractivity contribution in [1.29, 1.82) is 0 Å². The van der Waals surface area contributed by atoms with Crippen molar-refractivity contribution < 1.29 is 4.39 Å². The molecule has 4 bridgehead atoms. The molecule has 1 nitrogen and oxygen atoms in total. The Labute approximate surface area is 109 Å². The van der Waals surface area contributed by atoms with Gasteiger partial charge in [0.25, 0.3) is 0 Å². The molecule has 5 aliphatic carbocycles. The van der Waals surface area contributed by atoms with E-state index in [9.17, 15) is 4.39 Å². The van der Waals surface area contributed by atoms with Crippen LogP contribution in [0.1, 0.15) is 38.5 Å². The fraction of sp³-hybridized carbons (Fsp3) is 0.750. The summed E-state index contributed by atoms with van der Waals surface area (Å²) in [4.78, 5) is 0. The minimum Gasteiger partial charge on any atom is -0.307 e. The lowest BCUT2D eigenvalue weighted by Gasteiger charge is -2.58. The third kappa shape index (κ3) is 1.69. The Morgan fingerprint density at radius 3 is 2.67 bits per heavy atom. The topological polar surface area (TPSA) is 12.0 Å². The van der Waals surface area contributed by atoms with Gasteiger partial charge in [-0.3, -0.25) is 0 Å². The molecule has 0 saturated heterocycles. The summed E-state index contributed by atoms with van der Waals surface area (Å²) in [6, 6.07) is 0. The number of rotatable bonds is 3. The highest BCUT2D eigenvalue weighted by Gasteiger charge is 2.55. The van der Waals surface area contributed by atoms with Crippen molar-refractivity contribution in [3.8, 4) is 0 Å². The maximum absolute atomic E-state index is 14.1. The van der Waals surface area contributed by atoms with Crippen LogP contribution >= 0.6 is 0 Å². The van der Waals surface area contributed by atoms with Crippen LogP contribution in [0.5, 0.6) is 0 Å². The largest absolute Gasteiger partial charge is 0.307 e. The Bertz CT molecular complexity index is 395. The second-order valence-corrected chi connectivity index (χ2v) is 7.01. The Morgan fingerprint density at radius 1 is 1.22 bits per heavy atom. The molecule has 0 aliphatic heterocycles. The molecule has 5 rings (SSSR count). The fourth-order valence-corrected chi connectivity index (χ4v) is 5.10. The van der Waals surface area contributed by atoms with Gasteiger partial charge in [-0.05, 0) is 56.3 Å². The van der Waals surface area contributed by atoms with Gasteiger partial charge in [0, 0.05) is 12.1 Å². The van der Waals surface area contributed by atoms with E-state index in [2.05, 4.69) is 23.5 Å². The van der Waals surface area contributed by atoms with Gasteiger partial charge in [0.15, 0.2) is 0 Å². The lowest BCUT2D eigenvalue weighted by molar-refractivity contribution is -0.0774. The van der Waals surface area contributed by atoms with Gasteiger partial charge >= 0.3 is 0 Å². The lowest BCUT2D eigenvalue weighted by Crippen LogP contribution is -2.62. The van der Waals surface area contributed by atoms with Crippen molar-refractivity contribution in [2.24, 2.45) is 17.8 Å². The van der Waals surface area contributed by atoms with Crippen molar-refractivity contribution in [3.63, 3.8) is 0 Å². The van der Waals surface area contributed by atoms with E-state index in [1.165, 1.54) is 12.0 Å². The van der Waals surface area contributed by atoms with E-state index < -0.39 is 6.17 Å². The first kappa shape index (κ1) is 11.2. The van der Waals surface area contributed by atoms with Gasteiger partial charge in [0.2, 0.25) is 0 Å². The van der Waals surface area contributed by atoms with E-state index in [-0.39, 0.29) is 5.54 Å². The summed E-state index contributed by atoms with van der Waals surface area (Å²) >= 11 is 0. The van der Waals surface area contributed by atoms with Gasteiger partial charge in [-0.2, -0.15) is 0 Å². The third-order valence-electron chi connectivity index (χ3n) is 5.70. The summed E-state index contributed by atoms with van der Waals surface area (Å²) in [5.74, 6) is 1.52. The number of halogens is 1. The molecule has 5 aliphatic rings. The molecular weight excluding hydrogens is 225 g/mol. The Balaban J connectivity index is 1.47. The molecule has 0 spiro atoms. The van der Waals surface area contributed by atoms with E-state index in [0.29, 0.717) is 11.8 Å². The van der Waals surface area contributed by atoms with Crippen LogP contribution in [0.15, 0.2) is 23.8 Å². The Morgan fingerprint density at radius 2 is 2.00 bits per heavy atom. The molecule has 2 atom stereocenters. The summed E-state index contributed by atoms with van der Waals surface area (Å²) in [7, 11) is 0. The van der Waals surface area contributed by atoms with Gasteiger partial charge in [-0.25, -0.2) is 4.39 Å². The number of nitrogens with one attached hydrogen (secondary N) is 1. The first-order valence-corrected chi connectivity index (χ1v) is 7.48. The Hall–Kier alpha value is -0.630. The van der Waals surface area contributed by atoms with Crippen LogP contribution in [0, 0.1) is 17.8 Å². The van der Waals surface area contributed by atoms with Crippen LogP contribution in [0.3, 0.4) is 0 Å². The van der Waals surface area contributed by atoms with E-state index in [4.69, 9.17) is 0 Å². The van der Waals surface area contributed by atoms with Gasteiger partial charge in [0.05, 0.1) is 0 Å². The van der Waals surface area contributed by atoms with Crippen LogP contribution in [-0.4, -0.2) is 18.3 Å². The smallest absolute Gasteiger partial charge is 0.106 e. The third-order valence-corrected chi connectivity index (χ3v) is 5.70. The minimum absolute atomic E-state index is 0.280. The van der Waals surface area contributed by atoms with Crippen LogP contribution in [0.4, 0.5) is 4.39 Å². The summed E-state index contributed by atoms with van der Waals surface area (Å²) in [5, 5.41) is 3.81. The highest BCUT2D eigenvalue weighted by molar-refractivity contribution is 5.24. The predicted octanol–water partition coefficient (Wildman–Crippen LogP) is 3.38. The van der Waals surface area contributed by atoms with E-state index >= 15 is 0 Å². The zero-order valence-corrected chi connectivity index (χ0v) is 10.9. The molecule has 0 aromatic carbocycles. The molecular formula is C16H22FN. The average Bonchev–Trinajstić information content (AvgIpc) is 2.86. The second kappa shape index (κ2) is 3.93. The summed E-state index contributed by atoms with van der Waals surface area (Å²) < 4.78 is 14.1. The van der Waals surface area contributed by atoms with Crippen molar-refractivity contribution in [2.45, 2.75) is 50.2 Å². The zero-order chi connectivity index (χ0) is 12.2. The van der Waals surface area contributed by atoms with E-state index in [0.717, 1.165) is 44.6 Å². The quantitative estimate of drug-likeness (QED) is 0.806. The first-order chi connectivity index (χ1) is 8.74. The fourth-order valence-electron chi connectivity index (χ4n) is 5.10. The maximum Gasteiger partial charge on any atom is 0.106 e. The molecule has 1 N–H and O–H groups in total. The lowest BCUT2D eigenvalue weighted by atomic mass is 9.52. The molecule has 18 heavy (non-hydrogen) atoms. The predicted molar refractivity (Wildman–Crippen MR) is 71.0 cm³/mol. The van der Waals surface area contributed by atoms with Crippen molar-refractivity contribution >= 4 is 0 Å². The maximum atomic E-state index is 14.1. The highest BCUT2D eigenvalue weighted by atomic mass is 19.1. The number of alkyl halides is 1. The van der Waals surface area contributed by atoms with Crippen molar-refractivity contribution in [2.75, 3.05) is 6.54 Å². The molecule has 0 heterocycles. The number of hydrogen-bond donors (Lipinski definition) is 1. The normalized spacial score (nSPS) is 48.8. The molecule has 0 radical (unpaired) electrons. The number of allylic oxidation sites excluding steroid dienone is 3. The van der Waals surface area contributed by atoms with Crippen molar-refractivity contribution in [1.82, 2.24) is 5.32 Å². The van der Waals surface area contributed by atoms with E-state index in [1.54, 1.807) is 0 Å². The van der Waals surface area contributed by atoms with Crippen molar-refractivity contribution in [3.05, 3.63) is 23.8 Å². The van der Waals surface area contributed by atoms with Gasteiger partial charge in [-0.15, -0.1) is 0 Å². The van der Waals surface area contributed by atoms with Gasteiger partial charge < -0.3 is 5.32 Å². The van der Waals surface area contributed by atoms with Gasteiger partial charge in [-0.1, -0.05) is 23.8 Å². The zero-order valence-electron chi connectivity index (χ0n) is 10.9. The molecule has 4 saturated carbocycles. The summed E-state index contributed by atoms with van der Waals surface area (Å²) in [5.41, 5.74) is 1.77. The SMILES string of the molecule is FC1C2CC3CC1CC(NCC1=CC=CC1)(C3)C2. The minimum atomic E-state index is -0.496. The van der Waals surface area contributed by atoms with Crippen LogP contribution in [0.25, 0.3) is 0 Å².